The van der Waals surface area contributed by atoms with Crippen molar-refractivity contribution in [1.82, 2.24) is 10.2 Å². The highest BCUT2D eigenvalue weighted by atomic mass is 35.5. The lowest BCUT2D eigenvalue weighted by Crippen LogP contribution is -2.36. The van der Waals surface area contributed by atoms with E-state index in [1.165, 1.54) is 38.9 Å². The van der Waals surface area contributed by atoms with Crippen molar-refractivity contribution in [3.8, 4) is 0 Å². The first-order chi connectivity index (χ1) is 5.36. The van der Waals surface area contributed by atoms with Gasteiger partial charge in [-0.25, -0.2) is 0 Å². The van der Waals surface area contributed by atoms with Crippen LogP contribution in [0.3, 0.4) is 0 Å². The summed E-state index contributed by atoms with van der Waals surface area (Å²) in [4.78, 5) is 2.54. The normalized spacial score (nSPS) is 33.9. The molecule has 2 fully saturated rings. The molecule has 2 heterocycles. The van der Waals surface area contributed by atoms with Crippen LogP contribution in [0, 0.1) is 5.92 Å². The summed E-state index contributed by atoms with van der Waals surface area (Å²) >= 11 is 0. The monoisotopic (exact) mass is 226 g/mol. The Morgan fingerprint density at radius 3 is 2.69 bits per heavy atom. The van der Waals surface area contributed by atoms with Crippen LogP contribution in [0.2, 0.25) is 0 Å². The van der Waals surface area contributed by atoms with Gasteiger partial charge in [-0.15, -0.1) is 24.8 Å². The van der Waals surface area contributed by atoms with Crippen LogP contribution in [0.4, 0.5) is 0 Å². The highest BCUT2D eigenvalue weighted by molar-refractivity contribution is 5.85. The molecule has 13 heavy (non-hydrogen) atoms. The zero-order valence-electron chi connectivity index (χ0n) is 8.16. The van der Waals surface area contributed by atoms with E-state index >= 15 is 0 Å². The summed E-state index contributed by atoms with van der Waals surface area (Å²) in [5, 5.41) is 3.54. The second-order valence-corrected chi connectivity index (χ2v) is 4.05. The van der Waals surface area contributed by atoms with Crippen LogP contribution in [0.5, 0.6) is 0 Å². The Balaban J connectivity index is 0.000000720. The molecule has 0 amide bonds. The van der Waals surface area contributed by atoms with Gasteiger partial charge in [0.15, 0.2) is 0 Å². The third-order valence-electron chi connectivity index (χ3n) is 3.13. The largest absolute Gasteiger partial charge is 0.315 e. The maximum absolute atomic E-state index is 3.54. The van der Waals surface area contributed by atoms with Crippen molar-refractivity contribution in [1.29, 1.82) is 0 Å². The second kappa shape index (κ2) is 6.07. The van der Waals surface area contributed by atoms with Crippen LogP contribution < -0.4 is 5.32 Å². The van der Waals surface area contributed by atoms with E-state index in [0.717, 1.165) is 12.0 Å². The lowest BCUT2D eigenvalue weighted by atomic mass is 10.0. The minimum Gasteiger partial charge on any atom is -0.315 e. The molecule has 0 unspecified atom stereocenters. The minimum atomic E-state index is 0. The fourth-order valence-corrected chi connectivity index (χ4v) is 2.39. The van der Waals surface area contributed by atoms with Crippen LogP contribution in [-0.4, -0.2) is 37.6 Å². The van der Waals surface area contributed by atoms with Crippen molar-refractivity contribution in [3.05, 3.63) is 0 Å². The molecule has 2 nitrogen and oxygen atoms in total. The average Bonchev–Trinajstić information content (AvgIpc) is 2.16. The van der Waals surface area contributed by atoms with E-state index in [4.69, 9.17) is 0 Å². The van der Waals surface area contributed by atoms with Gasteiger partial charge in [-0.1, -0.05) is 6.42 Å². The van der Waals surface area contributed by atoms with Gasteiger partial charge in [0.05, 0.1) is 0 Å². The Labute approximate surface area is 93.3 Å². The molecule has 2 atom stereocenters. The molecule has 2 saturated heterocycles. The van der Waals surface area contributed by atoms with Gasteiger partial charge in [0, 0.05) is 19.1 Å². The maximum atomic E-state index is 3.54. The summed E-state index contributed by atoms with van der Waals surface area (Å²) in [6.45, 7) is 3.78. The Bertz CT molecular complexity index is 134. The van der Waals surface area contributed by atoms with Gasteiger partial charge in [0.2, 0.25) is 0 Å². The summed E-state index contributed by atoms with van der Waals surface area (Å²) in [5.74, 6) is 0.924. The molecule has 0 radical (unpaired) electrons. The third kappa shape index (κ3) is 3.28. The van der Waals surface area contributed by atoms with Crippen LogP contribution in [0.25, 0.3) is 0 Å². The summed E-state index contributed by atoms with van der Waals surface area (Å²) < 4.78 is 0. The second-order valence-electron chi connectivity index (χ2n) is 4.05. The molecule has 4 heteroatoms. The number of fused-ring (bicyclic) bond motifs is 3. The van der Waals surface area contributed by atoms with Gasteiger partial charge in [-0.2, -0.15) is 0 Å². The lowest BCUT2D eigenvalue weighted by Gasteiger charge is -2.23. The van der Waals surface area contributed by atoms with Crippen molar-refractivity contribution < 1.29 is 0 Å². The Morgan fingerprint density at radius 2 is 1.92 bits per heavy atom. The highest BCUT2D eigenvalue weighted by Gasteiger charge is 2.25. The minimum absolute atomic E-state index is 0. The standard InChI is InChI=1S/C9H18N2.2ClH/c1-11-7-8-3-2-4-9(11)6-10-5-8;;/h8-10H,2-7H2,1H3;2*1H/t8-,9+;;/m1../s1. The molecule has 1 N–H and O–H groups in total. The Kier molecular flexibility index (Phi) is 6.31. The van der Waals surface area contributed by atoms with E-state index in [2.05, 4.69) is 17.3 Å². The van der Waals surface area contributed by atoms with Crippen LogP contribution in [0.15, 0.2) is 0 Å². The molecule has 0 aromatic carbocycles. The number of likely N-dealkylation sites (N-methyl/N-ethyl adjacent to an activating group) is 1. The van der Waals surface area contributed by atoms with Gasteiger partial charge in [-0.3, -0.25) is 0 Å². The van der Waals surface area contributed by atoms with Gasteiger partial charge in [0.25, 0.3) is 0 Å². The molecule has 0 aromatic rings. The van der Waals surface area contributed by atoms with E-state index in [9.17, 15) is 0 Å². The van der Waals surface area contributed by atoms with Crippen molar-refractivity contribution >= 4 is 24.8 Å². The number of halogens is 2. The molecule has 2 aliphatic heterocycles. The lowest BCUT2D eigenvalue weighted by molar-refractivity contribution is 0.247. The van der Waals surface area contributed by atoms with E-state index in [0.29, 0.717) is 0 Å². The van der Waals surface area contributed by atoms with Crippen molar-refractivity contribution in [3.63, 3.8) is 0 Å². The van der Waals surface area contributed by atoms with E-state index in [1.807, 2.05) is 0 Å². The molecule has 2 aliphatic rings. The molecular weight excluding hydrogens is 207 g/mol. The predicted octanol–water partition coefficient (Wildman–Crippen LogP) is 1.53. The Morgan fingerprint density at radius 1 is 1.15 bits per heavy atom. The number of rotatable bonds is 0. The molecule has 0 saturated carbocycles. The first kappa shape index (κ1) is 13.5. The molecule has 2 rings (SSSR count). The van der Waals surface area contributed by atoms with Crippen LogP contribution in [-0.2, 0) is 0 Å². The van der Waals surface area contributed by atoms with Gasteiger partial charge in [-0.05, 0) is 32.4 Å². The van der Waals surface area contributed by atoms with Gasteiger partial charge >= 0.3 is 0 Å². The predicted molar refractivity (Wildman–Crippen MR) is 61.1 cm³/mol. The first-order valence-corrected chi connectivity index (χ1v) is 4.77. The highest BCUT2D eigenvalue weighted by Crippen LogP contribution is 2.21. The van der Waals surface area contributed by atoms with Gasteiger partial charge in [0.1, 0.15) is 0 Å². The van der Waals surface area contributed by atoms with Crippen molar-refractivity contribution in [2.24, 2.45) is 5.92 Å². The SMILES string of the molecule is CN1C[C@@H]2CCC[C@H]1CNC2.Cl.Cl. The van der Waals surface area contributed by atoms with E-state index in [1.54, 1.807) is 0 Å². The van der Waals surface area contributed by atoms with Gasteiger partial charge < -0.3 is 10.2 Å². The Hall–Kier alpha value is 0.500. The van der Waals surface area contributed by atoms with Crippen molar-refractivity contribution in [2.75, 3.05) is 26.7 Å². The molecule has 2 bridgehead atoms. The number of nitrogens with one attached hydrogen (secondary N) is 1. The maximum Gasteiger partial charge on any atom is 0.0217 e. The van der Waals surface area contributed by atoms with Crippen LogP contribution in [0.1, 0.15) is 19.3 Å². The topological polar surface area (TPSA) is 15.3 Å². The summed E-state index contributed by atoms with van der Waals surface area (Å²) in [6.07, 6.45) is 4.29. The van der Waals surface area contributed by atoms with Crippen molar-refractivity contribution in [2.45, 2.75) is 25.3 Å². The number of hydrogen-bond donors (Lipinski definition) is 1. The fourth-order valence-electron chi connectivity index (χ4n) is 2.39. The smallest absolute Gasteiger partial charge is 0.0217 e. The molecule has 0 spiro atoms. The zero-order chi connectivity index (χ0) is 7.68. The first-order valence-electron chi connectivity index (χ1n) is 4.77. The quantitative estimate of drug-likeness (QED) is 0.675. The molecule has 0 aromatic heterocycles. The summed E-state index contributed by atoms with van der Waals surface area (Å²) in [5.41, 5.74) is 0. The summed E-state index contributed by atoms with van der Waals surface area (Å²) in [7, 11) is 2.27. The fraction of sp³-hybridized carbons (Fsp3) is 1.00. The van der Waals surface area contributed by atoms with E-state index < -0.39 is 0 Å². The van der Waals surface area contributed by atoms with Crippen LogP contribution >= 0.6 is 24.8 Å². The number of nitrogens with zero attached hydrogens (tertiary/aromatic N) is 1. The summed E-state index contributed by atoms with van der Waals surface area (Å²) in [6, 6.07) is 0.822. The number of hydrogen-bond acceptors (Lipinski definition) is 2. The average molecular weight is 227 g/mol. The third-order valence-corrected chi connectivity index (χ3v) is 3.13. The zero-order valence-corrected chi connectivity index (χ0v) is 9.79. The molecule has 0 aliphatic carbocycles. The van der Waals surface area contributed by atoms with E-state index in [-0.39, 0.29) is 24.8 Å². The molecular formula is C9H20Cl2N2. The molecule has 80 valence electrons.